The number of benzene rings is 1. The Morgan fingerprint density at radius 2 is 2.17 bits per heavy atom. The zero-order chi connectivity index (χ0) is 17.2. The van der Waals surface area contributed by atoms with Gasteiger partial charge in [-0.25, -0.2) is 9.18 Å². The molecule has 0 aromatic heterocycles. The fraction of sp³-hybridized carbons (Fsp3) is 0.588. The lowest BCUT2D eigenvalue weighted by molar-refractivity contribution is 0.0290. The van der Waals surface area contributed by atoms with E-state index in [1.807, 2.05) is 33.8 Å². The summed E-state index contributed by atoms with van der Waals surface area (Å²) in [5.41, 5.74) is 0.346. The summed E-state index contributed by atoms with van der Waals surface area (Å²) in [5, 5.41) is 3.55. The van der Waals surface area contributed by atoms with Crippen LogP contribution in [0.25, 0.3) is 0 Å². The maximum atomic E-state index is 13.5. The highest BCUT2D eigenvalue weighted by atomic mass is 35.5. The number of hydrogen-bond donors (Lipinski definition) is 1. The molecule has 0 aliphatic carbocycles. The van der Waals surface area contributed by atoms with E-state index < -0.39 is 11.4 Å². The molecule has 1 saturated heterocycles. The number of amides is 1. The third-order valence-corrected chi connectivity index (χ3v) is 4.08. The summed E-state index contributed by atoms with van der Waals surface area (Å²) in [6.07, 6.45) is 0.562. The molecule has 4 nitrogen and oxygen atoms in total. The molecule has 1 aliphatic heterocycles. The van der Waals surface area contributed by atoms with E-state index in [1.54, 1.807) is 11.0 Å². The van der Waals surface area contributed by atoms with E-state index in [2.05, 4.69) is 5.32 Å². The number of carbonyl (C=O) groups is 1. The average molecular weight is 343 g/mol. The number of hydrogen-bond acceptors (Lipinski definition) is 3. The third kappa shape index (κ3) is 5.08. The molecular formula is C17H24ClFN2O2. The Bertz CT molecular complexity index is 574. The van der Waals surface area contributed by atoms with Crippen LogP contribution in [0.3, 0.4) is 0 Å². The zero-order valence-corrected chi connectivity index (χ0v) is 14.8. The molecule has 0 bridgehead atoms. The number of nitrogens with zero attached hydrogens (tertiary/aromatic N) is 1. The zero-order valence-electron chi connectivity index (χ0n) is 14.0. The Labute approximate surface area is 141 Å². The Morgan fingerprint density at radius 1 is 1.48 bits per heavy atom. The summed E-state index contributed by atoms with van der Waals surface area (Å²) in [5.74, 6) is -0.417. The Kier molecular flexibility index (Phi) is 5.53. The summed E-state index contributed by atoms with van der Waals surface area (Å²) >= 11 is 5.71. The minimum atomic E-state index is -0.489. The van der Waals surface area contributed by atoms with Gasteiger partial charge in [-0.1, -0.05) is 17.7 Å². The van der Waals surface area contributed by atoms with Crippen molar-refractivity contribution in [3.8, 4) is 0 Å². The fourth-order valence-corrected chi connectivity index (χ4v) is 2.74. The lowest BCUT2D eigenvalue weighted by Crippen LogP contribution is -2.39. The van der Waals surface area contributed by atoms with Gasteiger partial charge in [-0.2, -0.15) is 0 Å². The van der Waals surface area contributed by atoms with Crippen LogP contribution < -0.4 is 5.32 Å². The van der Waals surface area contributed by atoms with Gasteiger partial charge in [0.05, 0.1) is 5.02 Å². The quantitative estimate of drug-likeness (QED) is 0.897. The van der Waals surface area contributed by atoms with Crippen LogP contribution in [0.2, 0.25) is 5.02 Å². The predicted octanol–water partition coefficient (Wildman–Crippen LogP) is 4.14. The first kappa shape index (κ1) is 18.0. The molecule has 1 heterocycles. The minimum absolute atomic E-state index is 0.0228. The molecule has 23 heavy (non-hydrogen) atoms. The van der Waals surface area contributed by atoms with Crippen LogP contribution in [0.4, 0.5) is 9.18 Å². The monoisotopic (exact) mass is 342 g/mol. The lowest BCUT2D eigenvalue weighted by Gasteiger charge is -2.25. The second kappa shape index (κ2) is 7.05. The van der Waals surface area contributed by atoms with Crippen molar-refractivity contribution in [1.29, 1.82) is 0 Å². The van der Waals surface area contributed by atoms with Gasteiger partial charge in [0.1, 0.15) is 11.4 Å². The van der Waals surface area contributed by atoms with E-state index in [0.717, 1.165) is 12.0 Å². The molecule has 0 radical (unpaired) electrons. The van der Waals surface area contributed by atoms with E-state index >= 15 is 0 Å². The molecule has 2 unspecified atom stereocenters. The van der Waals surface area contributed by atoms with Crippen molar-refractivity contribution < 1.29 is 13.9 Å². The maximum Gasteiger partial charge on any atom is 0.410 e. The second-order valence-electron chi connectivity index (χ2n) is 6.97. The number of likely N-dealkylation sites (tertiary alicyclic amines) is 1. The number of nitrogens with one attached hydrogen (secondary N) is 1. The number of carbonyl (C=O) groups excluding carboxylic acids is 1. The van der Waals surface area contributed by atoms with Gasteiger partial charge in [-0.15, -0.1) is 0 Å². The molecule has 1 aromatic rings. The van der Waals surface area contributed by atoms with Crippen molar-refractivity contribution >= 4 is 17.7 Å². The van der Waals surface area contributed by atoms with E-state index in [4.69, 9.17) is 16.3 Å². The van der Waals surface area contributed by atoms with Gasteiger partial charge in [0.25, 0.3) is 0 Å². The first-order valence-electron chi connectivity index (χ1n) is 7.84. The summed E-state index contributed by atoms with van der Waals surface area (Å²) in [6.45, 7) is 8.79. The van der Waals surface area contributed by atoms with Crippen LogP contribution in [0.5, 0.6) is 0 Å². The van der Waals surface area contributed by atoms with Gasteiger partial charge in [0.15, 0.2) is 0 Å². The highest BCUT2D eigenvalue weighted by Gasteiger charge is 2.30. The largest absolute Gasteiger partial charge is 0.444 e. The molecule has 2 rings (SSSR count). The molecule has 2 atom stereocenters. The smallest absolute Gasteiger partial charge is 0.410 e. The minimum Gasteiger partial charge on any atom is -0.444 e. The van der Waals surface area contributed by atoms with Crippen molar-refractivity contribution in [3.05, 3.63) is 34.6 Å². The molecule has 0 saturated carbocycles. The fourth-order valence-electron chi connectivity index (χ4n) is 2.62. The SMILES string of the molecule is CC(NC1CCN(C(=O)OC(C)(C)C)C1)c1ccc(Cl)c(F)c1. The summed E-state index contributed by atoms with van der Waals surface area (Å²) in [6, 6.07) is 4.96. The standard InChI is InChI=1S/C17H24ClFN2O2/c1-11(12-5-6-14(18)15(19)9-12)20-13-7-8-21(10-13)16(22)23-17(2,3)4/h5-6,9,11,13,20H,7-8,10H2,1-4H3. The van der Waals surface area contributed by atoms with Gasteiger partial charge in [-0.3, -0.25) is 0 Å². The van der Waals surface area contributed by atoms with Crippen LogP contribution >= 0.6 is 11.6 Å². The molecule has 1 N–H and O–H groups in total. The average Bonchev–Trinajstić information content (AvgIpc) is 2.88. The van der Waals surface area contributed by atoms with Crippen LogP contribution in [0.1, 0.15) is 45.7 Å². The van der Waals surface area contributed by atoms with E-state index in [-0.39, 0.29) is 23.2 Å². The van der Waals surface area contributed by atoms with E-state index in [0.29, 0.717) is 13.1 Å². The van der Waals surface area contributed by atoms with E-state index in [1.165, 1.54) is 6.07 Å². The second-order valence-corrected chi connectivity index (χ2v) is 7.38. The van der Waals surface area contributed by atoms with Crippen molar-refractivity contribution in [2.24, 2.45) is 0 Å². The predicted molar refractivity (Wildman–Crippen MR) is 89.2 cm³/mol. The highest BCUT2D eigenvalue weighted by Crippen LogP contribution is 2.22. The number of rotatable bonds is 3. The molecule has 0 spiro atoms. The highest BCUT2D eigenvalue weighted by molar-refractivity contribution is 6.30. The van der Waals surface area contributed by atoms with Crippen molar-refractivity contribution in [1.82, 2.24) is 10.2 Å². The van der Waals surface area contributed by atoms with Gasteiger partial charge in [0, 0.05) is 25.2 Å². The molecule has 128 valence electrons. The Hall–Kier alpha value is -1.33. The third-order valence-electron chi connectivity index (χ3n) is 3.77. The lowest BCUT2D eigenvalue weighted by atomic mass is 10.1. The van der Waals surface area contributed by atoms with Gasteiger partial charge in [-0.05, 0) is 51.8 Å². The van der Waals surface area contributed by atoms with Crippen molar-refractivity contribution in [2.75, 3.05) is 13.1 Å². The molecule has 6 heteroatoms. The van der Waals surface area contributed by atoms with Crippen molar-refractivity contribution in [3.63, 3.8) is 0 Å². The molecular weight excluding hydrogens is 319 g/mol. The number of ether oxygens (including phenoxy) is 1. The van der Waals surface area contributed by atoms with Gasteiger partial charge in [0.2, 0.25) is 0 Å². The normalized spacial score (nSPS) is 19.7. The van der Waals surface area contributed by atoms with Gasteiger partial charge < -0.3 is 15.0 Å². The summed E-state index contributed by atoms with van der Waals surface area (Å²) < 4.78 is 18.9. The molecule has 1 fully saturated rings. The molecule has 1 aromatic carbocycles. The van der Waals surface area contributed by atoms with Crippen LogP contribution in [-0.2, 0) is 4.74 Å². The molecule has 1 aliphatic rings. The number of halogens is 2. The first-order chi connectivity index (χ1) is 10.7. The molecule has 1 amide bonds. The maximum absolute atomic E-state index is 13.5. The Morgan fingerprint density at radius 3 is 2.78 bits per heavy atom. The van der Waals surface area contributed by atoms with Gasteiger partial charge >= 0.3 is 6.09 Å². The van der Waals surface area contributed by atoms with E-state index in [9.17, 15) is 9.18 Å². The van der Waals surface area contributed by atoms with Crippen LogP contribution in [-0.4, -0.2) is 35.7 Å². The van der Waals surface area contributed by atoms with Crippen molar-refractivity contribution in [2.45, 2.75) is 51.8 Å². The van der Waals surface area contributed by atoms with Crippen LogP contribution in [0.15, 0.2) is 18.2 Å². The Balaban J connectivity index is 1.89. The van der Waals surface area contributed by atoms with Crippen LogP contribution in [0, 0.1) is 5.82 Å². The summed E-state index contributed by atoms with van der Waals surface area (Å²) in [7, 11) is 0. The first-order valence-corrected chi connectivity index (χ1v) is 8.22. The summed E-state index contributed by atoms with van der Waals surface area (Å²) in [4.78, 5) is 13.8. The topological polar surface area (TPSA) is 41.6 Å².